The number of carbonyl (C=O) groups excluding carboxylic acids is 1. The second-order valence-electron chi connectivity index (χ2n) is 4.83. The van der Waals surface area contributed by atoms with Gasteiger partial charge in [0.05, 0.1) is 15.5 Å². The highest BCUT2D eigenvalue weighted by Gasteiger charge is 2.34. The third-order valence-corrected chi connectivity index (χ3v) is 4.79. The predicted octanol–water partition coefficient (Wildman–Crippen LogP) is 3.43. The summed E-state index contributed by atoms with van der Waals surface area (Å²) >= 11 is 13.0. The van der Waals surface area contributed by atoms with E-state index in [1.165, 1.54) is 16.2 Å². The van der Waals surface area contributed by atoms with Crippen LogP contribution in [0.25, 0.3) is 0 Å². The van der Waals surface area contributed by atoms with E-state index < -0.39 is 5.60 Å². The van der Waals surface area contributed by atoms with Crippen molar-refractivity contribution in [2.45, 2.75) is 31.3 Å². The summed E-state index contributed by atoms with van der Waals surface area (Å²) < 4.78 is 0.895. The van der Waals surface area contributed by atoms with Crippen LogP contribution in [-0.4, -0.2) is 35.1 Å². The molecule has 1 N–H and O–H groups in total. The molecule has 1 aliphatic carbocycles. The van der Waals surface area contributed by atoms with Crippen LogP contribution >= 0.6 is 34.5 Å². The van der Waals surface area contributed by atoms with Crippen LogP contribution in [0.15, 0.2) is 6.07 Å². The molecule has 0 radical (unpaired) electrons. The van der Waals surface area contributed by atoms with Gasteiger partial charge in [0, 0.05) is 13.6 Å². The Balaban J connectivity index is 2.07. The summed E-state index contributed by atoms with van der Waals surface area (Å²) in [5.74, 6) is -0.191. The molecular weight excluding hydrogens is 293 g/mol. The summed E-state index contributed by atoms with van der Waals surface area (Å²) in [6.07, 6.45) is 3.54. The van der Waals surface area contributed by atoms with Crippen LogP contribution in [0.5, 0.6) is 0 Å². The predicted molar refractivity (Wildman–Crippen MR) is 74.7 cm³/mol. The molecule has 0 atom stereocenters. The molecule has 1 aliphatic rings. The lowest BCUT2D eigenvalue weighted by molar-refractivity contribution is 0.0157. The monoisotopic (exact) mass is 307 g/mol. The van der Waals surface area contributed by atoms with Gasteiger partial charge in [-0.05, 0) is 18.9 Å². The minimum absolute atomic E-state index is 0.191. The lowest BCUT2D eigenvalue weighted by atomic mass is 10.0. The highest BCUT2D eigenvalue weighted by molar-refractivity contribution is 7.20. The van der Waals surface area contributed by atoms with Gasteiger partial charge in [-0.1, -0.05) is 36.0 Å². The Kier molecular flexibility index (Phi) is 4.22. The highest BCUT2D eigenvalue weighted by atomic mass is 35.5. The molecule has 1 aromatic heterocycles. The largest absolute Gasteiger partial charge is 0.388 e. The normalized spacial score (nSPS) is 18.0. The third-order valence-electron chi connectivity index (χ3n) is 3.30. The van der Waals surface area contributed by atoms with Gasteiger partial charge in [0.25, 0.3) is 5.91 Å². The highest BCUT2D eigenvalue weighted by Crippen LogP contribution is 2.33. The molecule has 1 heterocycles. The van der Waals surface area contributed by atoms with Crippen molar-refractivity contribution in [2.24, 2.45) is 0 Å². The van der Waals surface area contributed by atoms with E-state index in [0.717, 1.165) is 25.7 Å². The van der Waals surface area contributed by atoms with E-state index in [-0.39, 0.29) is 5.91 Å². The number of thiophene rings is 1. The number of nitrogens with zero attached hydrogens (tertiary/aromatic N) is 1. The van der Waals surface area contributed by atoms with E-state index in [9.17, 15) is 9.90 Å². The molecule has 0 bridgehead atoms. The summed E-state index contributed by atoms with van der Waals surface area (Å²) in [5.41, 5.74) is -0.327. The Labute approximate surface area is 120 Å². The number of rotatable bonds is 3. The summed E-state index contributed by atoms with van der Waals surface area (Å²) in [5, 5.41) is 10.3. The molecule has 0 unspecified atom stereocenters. The number of halogens is 2. The van der Waals surface area contributed by atoms with Gasteiger partial charge in [0.1, 0.15) is 4.34 Å². The average molecular weight is 308 g/mol. The van der Waals surface area contributed by atoms with Crippen LogP contribution in [0, 0.1) is 0 Å². The van der Waals surface area contributed by atoms with Crippen LogP contribution in [-0.2, 0) is 0 Å². The lowest BCUT2D eigenvalue weighted by Gasteiger charge is -2.28. The molecule has 1 saturated carbocycles. The smallest absolute Gasteiger partial charge is 0.256 e. The van der Waals surface area contributed by atoms with Crippen molar-refractivity contribution in [2.75, 3.05) is 13.6 Å². The van der Waals surface area contributed by atoms with Gasteiger partial charge in [-0.3, -0.25) is 4.79 Å². The zero-order chi connectivity index (χ0) is 13.3. The van der Waals surface area contributed by atoms with Crippen molar-refractivity contribution in [3.05, 3.63) is 20.3 Å². The van der Waals surface area contributed by atoms with E-state index in [1.54, 1.807) is 13.1 Å². The van der Waals surface area contributed by atoms with Crippen LogP contribution in [0.2, 0.25) is 8.67 Å². The first-order valence-electron chi connectivity index (χ1n) is 5.84. The van der Waals surface area contributed by atoms with Gasteiger partial charge in [0.15, 0.2) is 0 Å². The molecule has 1 amide bonds. The number of aliphatic hydroxyl groups is 1. The molecule has 6 heteroatoms. The van der Waals surface area contributed by atoms with Gasteiger partial charge in [0.2, 0.25) is 0 Å². The number of amides is 1. The van der Waals surface area contributed by atoms with Crippen molar-refractivity contribution in [1.29, 1.82) is 0 Å². The van der Waals surface area contributed by atoms with Crippen molar-refractivity contribution in [1.82, 2.24) is 4.90 Å². The molecule has 1 fully saturated rings. The minimum atomic E-state index is -0.739. The van der Waals surface area contributed by atoms with E-state index in [1.807, 2.05) is 0 Å². The Hall–Kier alpha value is -0.290. The second-order valence-corrected chi connectivity index (χ2v) is 7.12. The van der Waals surface area contributed by atoms with Crippen molar-refractivity contribution >= 4 is 40.4 Å². The van der Waals surface area contributed by atoms with E-state index in [0.29, 0.717) is 20.8 Å². The van der Waals surface area contributed by atoms with Crippen LogP contribution in [0.4, 0.5) is 0 Å². The van der Waals surface area contributed by atoms with Crippen molar-refractivity contribution in [3.8, 4) is 0 Å². The fraction of sp³-hybridized carbons (Fsp3) is 0.583. The first-order valence-corrected chi connectivity index (χ1v) is 7.41. The summed E-state index contributed by atoms with van der Waals surface area (Å²) in [6, 6.07) is 1.58. The molecule has 0 saturated heterocycles. The Bertz CT molecular complexity index is 455. The maximum absolute atomic E-state index is 12.2. The fourth-order valence-corrected chi connectivity index (χ4v) is 3.84. The van der Waals surface area contributed by atoms with E-state index in [4.69, 9.17) is 23.2 Å². The maximum Gasteiger partial charge on any atom is 0.256 e. The zero-order valence-electron chi connectivity index (χ0n) is 10.1. The Morgan fingerprint density at radius 1 is 1.50 bits per heavy atom. The van der Waals surface area contributed by atoms with E-state index in [2.05, 4.69) is 0 Å². The van der Waals surface area contributed by atoms with Crippen LogP contribution in [0.3, 0.4) is 0 Å². The minimum Gasteiger partial charge on any atom is -0.388 e. The first-order chi connectivity index (χ1) is 8.41. The van der Waals surface area contributed by atoms with Gasteiger partial charge < -0.3 is 10.0 Å². The third kappa shape index (κ3) is 2.99. The summed E-state index contributed by atoms with van der Waals surface area (Å²) in [6.45, 7) is 0.343. The standard InChI is InChI=1S/C12H15Cl2NO2S/c1-15(7-12(17)4-2-3-5-12)11(16)8-6-9(13)18-10(8)14/h6,17H,2-5,7H2,1H3. The molecule has 3 nitrogen and oxygen atoms in total. The molecule has 2 rings (SSSR count). The van der Waals surface area contributed by atoms with Crippen molar-refractivity contribution in [3.63, 3.8) is 0 Å². The topological polar surface area (TPSA) is 40.5 Å². The second kappa shape index (κ2) is 5.37. The zero-order valence-corrected chi connectivity index (χ0v) is 12.4. The van der Waals surface area contributed by atoms with Gasteiger partial charge in [-0.25, -0.2) is 0 Å². The molecular formula is C12H15Cl2NO2S. The SMILES string of the molecule is CN(CC1(O)CCCC1)C(=O)c1cc(Cl)sc1Cl. The molecule has 0 aliphatic heterocycles. The molecule has 18 heavy (non-hydrogen) atoms. The maximum atomic E-state index is 12.2. The summed E-state index contributed by atoms with van der Waals surface area (Å²) in [4.78, 5) is 13.7. The first kappa shape index (κ1) is 14.1. The molecule has 0 aromatic carbocycles. The average Bonchev–Trinajstić information content (AvgIpc) is 2.84. The summed E-state index contributed by atoms with van der Waals surface area (Å²) in [7, 11) is 1.68. The van der Waals surface area contributed by atoms with Gasteiger partial charge in [-0.15, -0.1) is 11.3 Å². The van der Waals surface area contributed by atoms with E-state index >= 15 is 0 Å². The van der Waals surface area contributed by atoms with Crippen molar-refractivity contribution < 1.29 is 9.90 Å². The van der Waals surface area contributed by atoms with Gasteiger partial charge >= 0.3 is 0 Å². The number of likely N-dealkylation sites (N-methyl/N-ethyl adjacent to an activating group) is 1. The molecule has 0 spiro atoms. The number of carbonyl (C=O) groups is 1. The number of hydrogen-bond donors (Lipinski definition) is 1. The van der Waals surface area contributed by atoms with Gasteiger partial charge in [-0.2, -0.15) is 0 Å². The molecule has 100 valence electrons. The number of hydrogen-bond acceptors (Lipinski definition) is 3. The fourth-order valence-electron chi connectivity index (χ4n) is 2.40. The molecule has 1 aromatic rings. The Morgan fingerprint density at radius 3 is 2.61 bits per heavy atom. The Morgan fingerprint density at radius 2 is 2.11 bits per heavy atom. The van der Waals surface area contributed by atoms with Crippen LogP contribution < -0.4 is 0 Å². The van der Waals surface area contributed by atoms with Crippen LogP contribution in [0.1, 0.15) is 36.0 Å². The lowest BCUT2D eigenvalue weighted by Crippen LogP contribution is -2.42. The quantitative estimate of drug-likeness (QED) is 0.929.